The summed E-state index contributed by atoms with van der Waals surface area (Å²) in [4.78, 5) is 39.5. The number of hydrogen-bond acceptors (Lipinski definition) is 10. The number of methoxy groups -OCH3 is 2. The summed E-state index contributed by atoms with van der Waals surface area (Å²) in [5.41, 5.74) is 0.170. The van der Waals surface area contributed by atoms with Crippen LogP contribution in [0.5, 0.6) is 5.88 Å². The van der Waals surface area contributed by atoms with Crippen LogP contribution in [0.25, 0.3) is 11.2 Å². The van der Waals surface area contributed by atoms with Crippen LogP contribution in [0.4, 0.5) is 10.7 Å². The summed E-state index contributed by atoms with van der Waals surface area (Å²) in [6.45, 7) is 0. The molecular weight excluding hydrogens is 404 g/mol. The number of hydrogen-bond donors (Lipinski definition) is 2. The fourth-order valence-corrected chi connectivity index (χ4v) is 3.42. The fourth-order valence-electron chi connectivity index (χ4n) is 2.32. The maximum absolute atomic E-state index is 12.5. The molecule has 2 N–H and O–H groups in total. The molecule has 3 aromatic rings. The number of carbonyl (C=O) groups excluding carboxylic acids is 2. The van der Waals surface area contributed by atoms with Crippen LogP contribution in [0.2, 0.25) is 0 Å². The Kier molecular flexibility index (Phi) is 5.50. The Bertz CT molecular complexity index is 1200. The number of fused-ring (bicyclic) bond motifs is 1. The third-order valence-electron chi connectivity index (χ3n) is 3.53. The Morgan fingerprint density at radius 2 is 1.76 bits per heavy atom. The summed E-state index contributed by atoms with van der Waals surface area (Å²) in [6.07, 6.45) is 2.80. The van der Waals surface area contributed by atoms with Crippen molar-refractivity contribution in [3.8, 4) is 5.88 Å². The predicted octanol–water partition coefficient (Wildman–Crippen LogP) is 0.725. The van der Waals surface area contributed by atoms with Gasteiger partial charge in [-0.05, 0) is 12.1 Å². The Labute approximate surface area is 164 Å². The quantitative estimate of drug-likeness (QED) is 0.565. The highest BCUT2D eigenvalue weighted by Gasteiger charge is 2.25. The Morgan fingerprint density at radius 1 is 1.03 bits per heavy atom. The largest absolute Gasteiger partial charge is 0.479 e. The Morgan fingerprint density at radius 3 is 2.48 bits per heavy atom. The molecule has 3 rings (SSSR count). The second kappa shape index (κ2) is 8.02. The zero-order valence-electron chi connectivity index (χ0n) is 15.1. The lowest BCUT2D eigenvalue weighted by molar-refractivity contribution is 0.0596. The van der Waals surface area contributed by atoms with Crippen LogP contribution in [-0.4, -0.2) is 54.6 Å². The number of sulfonamides is 1. The number of nitrogens with one attached hydrogen (secondary N) is 2. The van der Waals surface area contributed by atoms with E-state index < -0.39 is 26.9 Å². The minimum Gasteiger partial charge on any atom is -0.479 e. The Hall–Kier alpha value is -3.87. The topological polar surface area (TPSA) is 162 Å². The average molecular weight is 418 g/mol. The van der Waals surface area contributed by atoms with Gasteiger partial charge >= 0.3 is 12.0 Å². The molecule has 0 bridgehead atoms. The molecule has 1 aromatic carbocycles. The zero-order valence-corrected chi connectivity index (χ0v) is 15.9. The van der Waals surface area contributed by atoms with Gasteiger partial charge in [-0.3, -0.25) is 5.32 Å². The van der Waals surface area contributed by atoms with Crippen LogP contribution < -0.4 is 14.8 Å². The van der Waals surface area contributed by atoms with E-state index in [-0.39, 0.29) is 28.6 Å². The number of ether oxygens (including phenoxy) is 2. The smallest absolute Gasteiger partial charge is 0.339 e. The molecule has 0 aliphatic heterocycles. The van der Waals surface area contributed by atoms with E-state index >= 15 is 0 Å². The predicted molar refractivity (Wildman–Crippen MR) is 98.8 cm³/mol. The molecule has 0 fully saturated rings. The lowest BCUT2D eigenvalue weighted by Gasteiger charge is -2.11. The van der Waals surface area contributed by atoms with Crippen molar-refractivity contribution in [2.45, 2.75) is 4.90 Å². The molecule has 13 heteroatoms. The van der Waals surface area contributed by atoms with E-state index in [9.17, 15) is 18.0 Å². The third-order valence-corrected chi connectivity index (χ3v) is 4.92. The molecule has 2 aromatic heterocycles. The first-order valence-corrected chi connectivity index (χ1v) is 9.38. The van der Waals surface area contributed by atoms with Crippen molar-refractivity contribution in [2.75, 3.05) is 19.5 Å². The van der Waals surface area contributed by atoms with E-state index in [1.54, 1.807) is 4.72 Å². The van der Waals surface area contributed by atoms with E-state index in [2.05, 4.69) is 30.0 Å². The highest BCUT2D eigenvalue weighted by atomic mass is 32.2. The van der Waals surface area contributed by atoms with Gasteiger partial charge in [0.05, 0.1) is 19.8 Å². The number of nitrogens with zero attached hydrogens (tertiary/aromatic N) is 4. The molecule has 2 amide bonds. The molecule has 2 heterocycles. The van der Waals surface area contributed by atoms with E-state index in [0.29, 0.717) is 0 Å². The van der Waals surface area contributed by atoms with Crippen molar-refractivity contribution in [1.29, 1.82) is 0 Å². The first-order valence-electron chi connectivity index (χ1n) is 7.89. The maximum Gasteiger partial charge on any atom is 0.339 e. The second-order valence-electron chi connectivity index (χ2n) is 5.33. The van der Waals surface area contributed by atoms with Crippen LogP contribution in [0.15, 0.2) is 41.6 Å². The Balaban J connectivity index is 1.86. The van der Waals surface area contributed by atoms with Gasteiger partial charge in [-0.2, -0.15) is 9.97 Å². The van der Waals surface area contributed by atoms with E-state index in [1.807, 2.05) is 0 Å². The molecule has 29 heavy (non-hydrogen) atoms. The van der Waals surface area contributed by atoms with E-state index in [0.717, 1.165) is 13.2 Å². The van der Waals surface area contributed by atoms with Crippen LogP contribution in [0.3, 0.4) is 0 Å². The number of carbonyl (C=O) groups is 2. The van der Waals surface area contributed by atoms with Crippen molar-refractivity contribution in [1.82, 2.24) is 24.7 Å². The van der Waals surface area contributed by atoms with Gasteiger partial charge < -0.3 is 9.47 Å². The highest BCUT2D eigenvalue weighted by Crippen LogP contribution is 2.20. The summed E-state index contributed by atoms with van der Waals surface area (Å²) >= 11 is 0. The number of aromatic nitrogens is 4. The summed E-state index contributed by atoms with van der Waals surface area (Å²) in [5.74, 6) is -1.09. The van der Waals surface area contributed by atoms with Gasteiger partial charge in [0.1, 0.15) is 4.90 Å². The van der Waals surface area contributed by atoms with Gasteiger partial charge in [0.25, 0.3) is 10.0 Å². The molecule has 0 atom stereocenters. The van der Waals surface area contributed by atoms with Gasteiger partial charge in [-0.1, -0.05) is 12.1 Å². The number of urea groups is 1. The molecule has 0 spiro atoms. The molecular formula is C16H14N6O6S. The normalized spacial score (nSPS) is 11.0. The summed E-state index contributed by atoms with van der Waals surface area (Å²) in [6, 6.07) is 4.12. The van der Waals surface area contributed by atoms with Crippen LogP contribution in [0, 0.1) is 0 Å². The van der Waals surface area contributed by atoms with Crippen molar-refractivity contribution in [3.63, 3.8) is 0 Å². The maximum atomic E-state index is 12.5. The van der Waals surface area contributed by atoms with Crippen LogP contribution in [0.1, 0.15) is 10.4 Å². The minimum atomic E-state index is -4.40. The van der Waals surface area contributed by atoms with Crippen LogP contribution in [-0.2, 0) is 14.8 Å². The standard InChI is InChI=1S/C16H14N6O6S/c1-27-13-11-12(18-8-7-17-11)19-15(20-13)21-16(24)22-29(25,26)10-6-4-3-5-9(10)14(23)28-2/h3-8H,1-2H3,(H2,18,19,20,21,22,24). The van der Waals surface area contributed by atoms with Crippen molar-refractivity contribution in [2.24, 2.45) is 0 Å². The molecule has 12 nitrogen and oxygen atoms in total. The van der Waals surface area contributed by atoms with E-state index in [4.69, 9.17) is 4.74 Å². The average Bonchev–Trinajstić information content (AvgIpc) is 2.72. The number of amides is 2. The lowest BCUT2D eigenvalue weighted by atomic mass is 10.2. The molecule has 0 aliphatic rings. The first kappa shape index (κ1) is 19.9. The van der Waals surface area contributed by atoms with Gasteiger partial charge in [-0.25, -0.2) is 32.7 Å². The van der Waals surface area contributed by atoms with Crippen molar-refractivity contribution < 1.29 is 27.5 Å². The van der Waals surface area contributed by atoms with Crippen LogP contribution >= 0.6 is 0 Å². The number of rotatable bonds is 5. The fraction of sp³-hybridized carbons (Fsp3) is 0.125. The van der Waals surface area contributed by atoms with Gasteiger partial charge in [-0.15, -0.1) is 0 Å². The SMILES string of the molecule is COC(=O)c1ccccc1S(=O)(=O)NC(=O)Nc1nc(OC)c2nccnc2n1. The molecule has 0 unspecified atom stereocenters. The summed E-state index contributed by atoms with van der Waals surface area (Å²) < 4.78 is 36.5. The highest BCUT2D eigenvalue weighted by molar-refractivity contribution is 7.90. The molecule has 0 saturated carbocycles. The second-order valence-corrected chi connectivity index (χ2v) is 6.98. The number of esters is 1. The number of anilines is 1. The first-order chi connectivity index (χ1) is 13.9. The lowest BCUT2D eigenvalue weighted by Crippen LogP contribution is -2.35. The van der Waals surface area contributed by atoms with Gasteiger partial charge in [0.15, 0.2) is 11.2 Å². The summed E-state index contributed by atoms with van der Waals surface area (Å²) in [7, 11) is -1.95. The van der Waals surface area contributed by atoms with Gasteiger partial charge in [0, 0.05) is 12.4 Å². The van der Waals surface area contributed by atoms with Gasteiger partial charge in [0.2, 0.25) is 11.8 Å². The summed E-state index contributed by atoms with van der Waals surface area (Å²) in [5, 5.41) is 2.18. The minimum absolute atomic E-state index is 0.0392. The van der Waals surface area contributed by atoms with Crippen molar-refractivity contribution >= 4 is 39.1 Å². The monoisotopic (exact) mass is 418 g/mol. The molecule has 150 valence electrons. The van der Waals surface area contributed by atoms with E-state index in [1.165, 1.54) is 37.7 Å². The molecule has 0 aliphatic carbocycles. The molecule has 0 radical (unpaired) electrons. The molecule has 0 saturated heterocycles. The number of benzene rings is 1. The zero-order chi connectivity index (χ0) is 21.0. The third kappa shape index (κ3) is 4.19. The van der Waals surface area contributed by atoms with Crippen molar-refractivity contribution in [3.05, 3.63) is 42.2 Å².